The number of nitrogens with one attached hydrogen (secondary N) is 1. The molecule has 1 aliphatic heterocycles. The van der Waals surface area contributed by atoms with E-state index in [1.54, 1.807) is 30.2 Å². The van der Waals surface area contributed by atoms with Crippen LogP contribution in [-0.4, -0.2) is 45.7 Å². The highest BCUT2D eigenvalue weighted by atomic mass is 16.5. The number of hydrogen-bond donors (Lipinski definition) is 1. The monoisotopic (exact) mass is 434 g/mol. The number of rotatable bonds is 8. The highest BCUT2D eigenvalue weighted by Gasteiger charge is 2.23. The molecule has 1 N–H and O–H groups in total. The smallest absolute Gasteiger partial charge is 0.227 e. The first-order valence-corrected chi connectivity index (χ1v) is 10.8. The lowest BCUT2D eigenvalue weighted by molar-refractivity contribution is -0.119. The van der Waals surface area contributed by atoms with Gasteiger partial charge in [-0.05, 0) is 42.7 Å². The van der Waals surface area contributed by atoms with Gasteiger partial charge < -0.3 is 15.0 Å². The fourth-order valence-corrected chi connectivity index (χ4v) is 3.68. The summed E-state index contributed by atoms with van der Waals surface area (Å²) in [5.74, 6) is 1.14. The van der Waals surface area contributed by atoms with Gasteiger partial charge in [0.25, 0.3) is 0 Å². The second-order valence-corrected chi connectivity index (χ2v) is 7.62. The minimum atomic E-state index is -0.116. The van der Waals surface area contributed by atoms with Crippen LogP contribution < -0.4 is 15.0 Å². The molecule has 1 fully saturated rings. The molecule has 9 nitrogen and oxygen atoms in total. The maximum atomic E-state index is 12.4. The Kier molecular flexibility index (Phi) is 6.74. The number of anilines is 2. The average molecular weight is 435 g/mol. The highest BCUT2D eigenvalue weighted by Crippen LogP contribution is 2.33. The molecule has 0 aliphatic carbocycles. The molecule has 0 saturated carbocycles. The van der Waals surface area contributed by atoms with Gasteiger partial charge in [-0.3, -0.25) is 9.59 Å². The van der Waals surface area contributed by atoms with Gasteiger partial charge in [0.15, 0.2) is 0 Å². The Bertz CT molecular complexity index is 1080. The number of carbonyl (C=O) groups excluding carboxylic acids is 2. The standard InChI is InChI=1S/C23H26N6O3/c1-32-20-13-12-18(16-19(20)28-14-6-5-11-22(28)31)24-21(30)10-7-15-29-26-23(25-27-29)17-8-3-2-4-9-17/h2-4,8-9,12-13,16H,5-7,10-11,14-15H2,1H3,(H,24,30). The SMILES string of the molecule is COc1ccc(NC(=O)CCCn2nnc(-c3ccccc3)n2)cc1N1CCCCC1=O. The van der Waals surface area contributed by atoms with Gasteiger partial charge in [0.2, 0.25) is 17.6 Å². The van der Waals surface area contributed by atoms with Gasteiger partial charge in [-0.15, -0.1) is 10.2 Å². The van der Waals surface area contributed by atoms with E-state index in [0.29, 0.717) is 55.3 Å². The predicted octanol–water partition coefficient (Wildman–Crippen LogP) is 3.28. The molecule has 2 aromatic carbocycles. The Morgan fingerprint density at radius 3 is 2.78 bits per heavy atom. The molecule has 1 aliphatic rings. The van der Waals surface area contributed by atoms with E-state index in [0.717, 1.165) is 18.4 Å². The molecule has 0 spiro atoms. The number of nitrogens with zero attached hydrogens (tertiary/aromatic N) is 5. The third-order valence-electron chi connectivity index (χ3n) is 5.32. The summed E-state index contributed by atoms with van der Waals surface area (Å²) in [6.07, 6.45) is 3.27. The van der Waals surface area contributed by atoms with Gasteiger partial charge in [0.1, 0.15) is 5.75 Å². The van der Waals surface area contributed by atoms with Crippen LogP contribution in [0.15, 0.2) is 48.5 Å². The normalized spacial score (nSPS) is 13.8. The molecular formula is C23H26N6O3. The number of piperidine rings is 1. The van der Waals surface area contributed by atoms with E-state index in [4.69, 9.17) is 4.74 Å². The molecule has 0 bridgehead atoms. The van der Waals surface area contributed by atoms with Crippen molar-refractivity contribution in [2.24, 2.45) is 0 Å². The maximum absolute atomic E-state index is 12.4. The van der Waals surface area contributed by atoms with Crippen molar-refractivity contribution in [2.45, 2.75) is 38.6 Å². The Hall–Kier alpha value is -3.75. The van der Waals surface area contributed by atoms with Crippen LogP contribution in [0.4, 0.5) is 11.4 Å². The first kappa shape index (κ1) is 21.5. The van der Waals surface area contributed by atoms with Crippen LogP contribution >= 0.6 is 0 Å². The van der Waals surface area contributed by atoms with Gasteiger partial charge in [0, 0.05) is 30.6 Å². The maximum Gasteiger partial charge on any atom is 0.227 e. The van der Waals surface area contributed by atoms with Gasteiger partial charge in [0.05, 0.1) is 19.3 Å². The van der Waals surface area contributed by atoms with Crippen molar-refractivity contribution in [3.8, 4) is 17.1 Å². The Balaban J connectivity index is 1.33. The van der Waals surface area contributed by atoms with Crippen molar-refractivity contribution >= 4 is 23.2 Å². The summed E-state index contributed by atoms with van der Waals surface area (Å²) in [4.78, 5) is 28.0. The lowest BCUT2D eigenvalue weighted by Crippen LogP contribution is -2.35. The molecule has 0 radical (unpaired) electrons. The minimum absolute atomic E-state index is 0.0771. The zero-order valence-corrected chi connectivity index (χ0v) is 18.0. The minimum Gasteiger partial charge on any atom is -0.495 e. The third-order valence-corrected chi connectivity index (χ3v) is 5.32. The highest BCUT2D eigenvalue weighted by molar-refractivity contribution is 5.97. The first-order valence-electron chi connectivity index (χ1n) is 10.8. The van der Waals surface area contributed by atoms with Crippen LogP contribution in [0.3, 0.4) is 0 Å². The quantitative estimate of drug-likeness (QED) is 0.584. The van der Waals surface area contributed by atoms with E-state index in [1.165, 1.54) is 4.80 Å². The molecule has 3 aromatic rings. The summed E-state index contributed by atoms with van der Waals surface area (Å²) >= 11 is 0. The lowest BCUT2D eigenvalue weighted by atomic mass is 10.1. The number of methoxy groups -OCH3 is 1. The van der Waals surface area contributed by atoms with E-state index in [9.17, 15) is 9.59 Å². The number of aromatic nitrogens is 4. The van der Waals surface area contributed by atoms with Crippen molar-refractivity contribution in [2.75, 3.05) is 23.9 Å². The third kappa shape index (κ3) is 5.11. The summed E-state index contributed by atoms with van der Waals surface area (Å²) in [5.41, 5.74) is 2.23. The summed E-state index contributed by atoms with van der Waals surface area (Å²) < 4.78 is 5.43. The molecule has 0 atom stereocenters. The average Bonchev–Trinajstić information content (AvgIpc) is 3.29. The number of carbonyl (C=O) groups is 2. The fraction of sp³-hybridized carbons (Fsp3) is 0.348. The van der Waals surface area contributed by atoms with Crippen molar-refractivity contribution < 1.29 is 14.3 Å². The molecule has 32 heavy (non-hydrogen) atoms. The van der Waals surface area contributed by atoms with Gasteiger partial charge in [-0.25, -0.2) is 0 Å². The predicted molar refractivity (Wildman–Crippen MR) is 120 cm³/mol. The van der Waals surface area contributed by atoms with Crippen LogP contribution in [0.25, 0.3) is 11.4 Å². The molecule has 1 aromatic heterocycles. The Morgan fingerprint density at radius 2 is 2.00 bits per heavy atom. The van der Waals surface area contributed by atoms with Crippen LogP contribution in [0.2, 0.25) is 0 Å². The zero-order chi connectivity index (χ0) is 22.3. The van der Waals surface area contributed by atoms with Crippen LogP contribution in [0, 0.1) is 0 Å². The Morgan fingerprint density at radius 1 is 1.16 bits per heavy atom. The lowest BCUT2D eigenvalue weighted by Gasteiger charge is -2.28. The number of aryl methyl sites for hydroxylation is 1. The second kappa shape index (κ2) is 10.0. The largest absolute Gasteiger partial charge is 0.495 e. The molecule has 0 unspecified atom stereocenters. The number of ether oxygens (including phenoxy) is 1. The van der Waals surface area contributed by atoms with E-state index in [1.807, 2.05) is 30.3 Å². The first-order chi connectivity index (χ1) is 15.6. The van der Waals surface area contributed by atoms with E-state index >= 15 is 0 Å². The van der Waals surface area contributed by atoms with E-state index in [2.05, 4.69) is 20.7 Å². The summed E-state index contributed by atoms with van der Waals surface area (Å²) in [7, 11) is 1.58. The topological polar surface area (TPSA) is 102 Å². The zero-order valence-electron chi connectivity index (χ0n) is 18.0. The van der Waals surface area contributed by atoms with Gasteiger partial charge >= 0.3 is 0 Å². The summed E-state index contributed by atoms with van der Waals surface area (Å²) in [5, 5.41) is 15.4. The van der Waals surface area contributed by atoms with Crippen LogP contribution in [0.5, 0.6) is 5.75 Å². The summed E-state index contributed by atoms with van der Waals surface area (Å²) in [6, 6.07) is 15.0. The van der Waals surface area contributed by atoms with Crippen LogP contribution in [0.1, 0.15) is 32.1 Å². The van der Waals surface area contributed by atoms with Gasteiger partial charge in [-0.1, -0.05) is 30.3 Å². The fourth-order valence-electron chi connectivity index (χ4n) is 3.68. The van der Waals surface area contributed by atoms with E-state index < -0.39 is 0 Å². The number of tetrazole rings is 1. The number of hydrogen-bond acceptors (Lipinski definition) is 6. The van der Waals surface area contributed by atoms with Crippen molar-refractivity contribution in [1.29, 1.82) is 0 Å². The Labute approximate surface area is 186 Å². The molecular weight excluding hydrogens is 408 g/mol. The van der Waals surface area contributed by atoms with Crippen molar-refractivity contribution in [3.05, 3.63) is 48.5 Å². The second-order valence-electron chi connectivity index (χ2n) is 7.62. The van der Waals surface area contributed by atoms with Crippen molar-refractivity contribution in [3.63, 3.8) is 0 Å². The molecule has 9 heteroatoms. The number of benzene rings is 2. The molecule has 1 saturated heterocycles. The van der Waals surface area contributed by atoms with E-state index in [-0.39, 0.29) is 11.8 Å². The molecule has 166 valence electrons. The van der Waals surface area contributed by atoms with Gasteiger partial charge in [-0.2, -0.15) is 4.80 Å². The summed E-state index contributed by atoms with van der Waals surface area (Å²) in [6.45, 7) is 1.14. The molecule has 2 heterocycles. The molecule has 2 amide bonds. The van der Waals surface area contributed by atoms with Crippen LogP contribution in [-0.2, 0) is 16.1 Å². The van der Waals surface area contributed by atoms with Crippen molar-refractivity contribution in [1.82, 2.24) is 20.2 Å². The number of amides is 2. The molecule has 4 rings (SSSR count).